The zero-order chi connectivity index (χ0) is 14.2. The molecule has 1 heterocycles. The van der Waals surface area contributed by atoms with Crippen molar-refractivity contribution in [2.24, 2.45) is 0 Å². The predicted molar refractivity (Wildman–Crippen MR) is 81.7 cm³/mol. The number of benzene rings is 1. The van der Waals surface area contributed by atoms with Crippen molar-refractivity contribution >= 4 is 0 Å². The summed E-state index contributed by atoms with van der Waals surface area (Å²) in [5, 5.41) is 3.33. The summed E-state index contributed by atoms with van der Waals surface area (Å²) >= 11 is 0. The molecule has 0 aliphatic heterocycles. The smallest absolute Gasteiger partial charge is 0.138 e. The van der Waals surface area contributed by atoms with Gasteiger partial charge >= 0.3 is 0 Å². The number of pyridine rings is 1. The lowest BCUT2D eigenvalue weighted by atomic mass is 10.1. The summed E-state index contributed by atoms with van der Waals surface area (Å²) in [6, 6.07) is 12.3. The van der Waals surface area contributed by atoms with Crippen LogP contribution in [0.25, 0.3) is 0 Å². The molecule has 3 nitrogen and oxygen atoms in total. The topological polar surface area (TPSA) is 34.1 Å². The van der Waals surface area contributed by atoms with Crippen LogP contribution < -0.4 is 10.1 Å². The van der Waals surface area contributed by atoms with E-state index in [4.69, 9.17) is 4.74 Å². The number of nitrogens with one attached hydrogen (secondary N) is 1. The molecule has 20 heavy (non-hydrogen) atoms. The van der Waals surface area contributed by atoms with E-state index in [9.17, 15) is 0 Å². The molecule has 0 unspecified atom stereocenters. The molecule has 0 saturated carbocycles. The van der Waals surface area contributed by atoms with Gasteiger partial charge in [-0.15, -0.1) is 0 Å². The Morgan fingerprint density at radius 2 is 2.00 bits per heavy atom. The largest absolute Gasteiger partial charge is 0.487 e. The summed E-state index contributed by atoms with van der Waals surface area (Å²) in [4.78, 5) is 4.40. The summed E-state index contributed by atoms with van der Waals surface area (Å²) in [5.74, 6) is 0.812. The van der Waals surface area contributed by atoms with Gasteiger partial charge in [-0.05, 0) is 43.1 Å². The van der Waals surface area contributed by atoms with E-state index < -0.39 is 0 Å². The minimum Gasteiger partial charge on any atom is -0.487 e. The molecule has 0 bridgehead atoms. The molecule has 1 N–H and O–H groups in total. The average molecular weight is 270 g/mol. The second kappa shape index (κ2) is 7.65. The number of aromatic nitrogens is 1. The third-order valence-corrected chi connectivity index (χ3v) is 3.19. The fourth-order valence-electron chi connectivity index (χ4n) is 1.93. The third kappa shape index (κ3) is 4.35. The Bertz CT molecular complexity index is 523. The Labute approximate surface area is 121 Å². The van der Waals surface area contributed by atoms with Gasteiger partial charge in [0, 0.05) is 6.54 Å². The number of rotatable bonds is 7. The van der Waals surface area contributed by atoms with Gasteiger partial charge in [-0.3, -0.25) is 4.98 Å². The van der Waals surface area contributed by atoms with E-state index in [0.29, 0.717) is 6.61 Å². The van der Waals surface area contributed by atoms with Gasteiger partial charge in [-0.2, -0.15) is 0 Å². The molecule has 0 aliphatic carbocycles. The molecule has 0 fully saturated rings. The minimum absolute atomic E-state index is 0.585. The Balaban J connectivity index is 1.86. The van der Waals surface area contributed by atoms with Crippen LogP contribution >= 0.6 is 0 Å². The van der Waals surface area contributed by atoms with Crippen molar-refractivity contribution in [2.75, 3.05) is 6.54 Å². The first-order valence-corrected chi connectivity index (χ1v) is 7.12. The molecule has 2 rings (SSSR count). The second-order valence-electron chi connectivity index (χ2n) is 4.88. The van der Waals surface area contributed by atoms with Crippen LogP contribution in [0.15, 0.2) is 42.6 Å². The molecule has 0 saturated heterocycles. The van der Waals surface area contributed by atoms with Crippen LogP contribution in [0, 0.1) is 6.92 Å². The Kier molecular flexibility index (Phi) is 5.56. The van der Waals surface area contributed by atoms with Crippen molar-refractivity contribution in [1.82, 2.24) is 10.3 Å². The molecule has 2 aromatic rings. The maximum absolute atomic E-state index is 5.77. The summed E-state index contributed by atoms with van der Waals surface area (Å²) < 4.78 is 5.77. The summed E-state index contributed by atoms with van der Waals surface area (Å²) in [6.07, 6.45) is 2.93. The number of hydrogen-bond acceptors (Lipinski definition) is 3. The highest BCUT2D eigenvalue weighted by Gasteiger charge is 2.00. The van der Waals surface area contributed by atoms with Crippen molar-refractivity contribution in [3.63, 3.8) is 0 Å². The highest BCUT2D eigenvalue weighted by molar-refractivity contribution is 5.26. The van der Waals surface area contributed by atoms with Crippen LogP contribution in [0.2, 0.25) is 0 Å². The van der Waals surface area contributed by atoms with E-state index >= 15 is 0 Å². The molecule has 0 amide bonds. The summed E-state index contributed by atoms with van der Waals surface area (Å²) in [7, 11) is 0. The third-order valence-electron chi connectivity index (χ3n) is 3.19. The number of hydrogen-bond donors (Lipinski definition) is 1. The van der Waals surface area contributed by atoms with Gasteiger partial charge in [0.15, 0.2) is 0 Å². The lowest BCUT2D eigenvalue weighted by Gasteiger charge is -2.09. The number of aryl methyl sites for hydroxylation is 1. The van der Waals surface area contributed by atoms with E-state index in [1.165, 1.54) is 11.1 Å². The normalized spacial score (nSPS) is 10.5. The Morgan fingerprint density at radius 3 is 2.70 bits per heavy atom. The van der Waals surface area contributed by atoms with Gasteiger partial charge in [0.1, 0.15) is 12.4 Å². The van der Waals surface area contributed by atoms with Gasteiger partial charge in [0.25, 0.3) is 0 Å². The first-order valence-electron chi connectivity index (χ1n) is 7.12. The van der Waals surface area contributed by atoms with Crippen LogP contribution in [0.3, 0.4) is 0 Å². The molecule has 106 valence electrons. The molecular formula is C17H22N2O. The van der Waals surface area contributed by atoms with E-state index in [2.05, 4.69) is 36.3 Å². The molecule has 3 heteroatoms. The van der Waals surface area contributed by atoms with Crippen molar-refractivity contribution < 1.29 is 4.74 Å². The molecule has 0 spiro atoms. The van der Waals surface area contributed by atoms with Crippen molar-refractivity contribution in [3.05, 3.63) is 59.4 Å². The first kappa shape index (κ1) is 14.5. The van der Waals surface area contributed by atoms with Crippen LogP contribution in [-0.2, 0) is 13.2 Å². The quantitative estimate of drug-likeness (QED) is 0.782. The SMILES string of the molecule is CCCNCc1ccc(OCc2ccccc2C)cn1. The standard InChI is InChI=1S/C17H22N2O/c1-3-10-18-11-16-8-9-17(12-19-16)20-13-15-7-5-4-6-14(15)2/h4-9,12,18H,3,10-11,13H2,1-2H3. The molecule has 0 radical (unpaired) electrons. The fraction of sp³-hybridized carbons (Fsp3) is 0.353. The van der Waals surface area contributed by atoms with Gasteiger partial charge in [-0.1, -0.05) is 31.2 Å². The Hall–Kier alpha value is -1.87. The second-order valence-corrected chi connectivity index (χ2v) is 4.88. The molecule has 1 aromatic heterocycles. The molecule has 0 aliphatic rings. The summed E-state index contributed by atoms with van der Waals surface area (Å²) in [6.45, 7) is 6.67. The minimum atomic E-state index is 0.585. The van der Waals surface area contributed by atoms with Crippen LogP contribution in [-0.4, -0.2) is 11.5 Å². The maximum atomic E-state index is 5.77. The van der Waals surface area contributed by atoms with E-state index in [1.54, 1.807) is 6.20 Å². The Morgan fingerprint density at radius 1 is 1.15 bits per heavy atom. The zero-order valence-corrected chi connectivity index (χ0v) is 12.2. The highest BCUT2D eigenvalue weighted by Crippen LogP contribution is 2.14. The lowest BCUT2D eigenvalue weighted by Crippen LogP contribution is -2.14. The lowest BCUT2D eigenvalue weighted by molar-refractivity contribution is 0.304. The predicted octanol–water partition coefficient (Wildman–Crippen LogP) is 3.47. The fourth-order valence-corrected chi connectivity index (χ4v) is 1.93. The monoisotopic (exact) mass is 270 g/mol. The van der Waals surface area contributed by atoms with Crippen LogP contribution in [0.1, 0.15) is 30.2 Å². The maximum Gasteiger partial charge on any atom is 0.138 e. The van der Waals surface area contributed by atoms with E-state index in [1.807, 2.05) is 24.3 Å². The molecule has 1 aromatic carbocycles. The number of nitrogens with zero attached hydrogens (tertiary/aromatic N) is 1. The first-order chi connectivity index (χ1) is 9.79. The molecule has 0 atom stereocenters. The highest BCUT2D eigenvalue weighted by atomic mass is 16.5. The van der Waals surface area contributed by atoms with Crippen molar-refractivity contribution in [1.29, 1.82) is 0 Å². The van der Waals surface area contributed by atoms with Gasteiger partial charge < -0.3 is 10.1 Å². The van der Waals surface area contributed by atoms with Crippen LogP contribution in [0.5, 0.6) is 5.75 Å². The van der Waals surface area contributed by atoms with Gasteiger partial charge in [0.05, 0.1) is 11.9 Å². The summed E-state index contributed by atoms with van der Waals surface area (Å²) in [5.41, 5.74) is 3.50. The average Bonchev–Trinajstić information content (AvgIpc) is 2.48. The van der Waals surface area contributed by atoms with Crippen LogP contribution in [0.4, 0.5) is 0 Å². The van der Waals surface area contributed by atoms with E-state index in [-0.39, 0.29) is 0 Å². The van der Waals surface area contributed by atoms with Gasteiger partial charge in [0.2, 0.25) is 0 Å². The zero-order valence-electron chi connectivity index (χ0n) is 12.2. The number of ether oxygens (including phenoxy) is 1. The van der Waals surface area contributed by atoms with Crippen molar-refractivity contribution in [2.45, 2.75) is 33.4 Å². The molecular weight excluding hydrogens is 248 g/mol. The van der Waals surface area contributed by atoms with Gasteiger partial charge in [-0.25, -0.2) is 0 Å². The van der Waals surface area contributed by atoms with Crippen molar-refractivity contribution in [3.8, 4) is 5.75 Å². The van der Waals surface area contributed by atoms with E-state index in [0.717, 1.165) is 31.0 Å².